The Morgan fingerprint density at radius 1 is 1.24 bits per heavy atom. The van der Waals surface area contributed by atoms with Crippen molar-refractivity contribution >= 4 is 5.91 Å². The minimum atomic E-state index is 0.288. The largest absolute Gasteiger partial charge is 0.356 e. The topological polar surface area (TPSA) is 32.3 Å². The molecule has 94 valence electrons. The molecule has 3 nitrogen and oxygen atoms in total. The van der Waals surface area contributed by atoms with Gasteiger partial charge in [-0.25, -0.2) is 0 Å². The van der Waals surface area contributed by atoms with Gasteiger partial charge in [0.2, 0.25) is 5.91 Å². The first-order valence-corrected chi connectivity index (χ1v) is 7.22. The van der Waals surface area contributed by atoms with Crippen LogP contribution >= 0.6 is 0 Å². The van der Waals surface area contributed by atoms with E-state index in [1.807, 2.05) is 0 Å². The lowest BCUT2D eigenvalue weighted by Gasteiger charge is -2.38. The zero-order valence-electron chi connectivity index (χ0n) is 10.5. The quantitative estimate of drug-likeness (QED) is 0.746. The van der Waals surface area contributed by atoms with Gasteiger partial charge in [0.1, 0.15) is 0 Å². The van der Waals surface area contributed by atoms with Crippen LogP contribution in [-0.2, 0) is 4.79 Å². The van der Waals surface area contributed by atoms with E-state index in [2.05, 4.69) is 10.2 Å². The van der Waals surface area contributed by atoms with Gasteiger partial charge in [0.15, 0.2) is 0 Å². The van der Waals surface area contributed by atoms with Crippen molar-refractivity contribution < 1.29 is 4.79 Å². The molecule has 2 unspecified atom stereocenters. The number of rotatable bonds is 1. The fourth-order valence-electron chi connectivity index (χ4n) is 4.54. The van der Waals surface area contributed by atoms with Crippen LogP contribution in [0.15, 0.2) is 0 Å². The molecule has 4 fully saturated rings. The molecule has 2 saturated heterocycles. The zero-order valence-corrected chi connectivity index (χ0v) is 10.5. The van der Waals surface area contributed by atoms with E-state index in [4.69, 9.17) is 0 Å². The Morgan fingerprint density at radius 2 is 2.12 bits per heavy atom. The van der Waals surface area contributed by atoms with Gasteiger partial charge in [0.05, 0.1) is 0 Å². The standard InChI is InChI=1S/C14H22N2O/c17-12-9-14(4-6-15-12)8-11(14)16-7-5-13(10-16)2-1-3-13/h11H,1-10H2,(H,15,17). The highest BCUT2D eigenvalue weighted by atomic mass is 16.1. The van der Waals surface area contributed by atoms with Gasteiger partial charge in [0, 0.05) is 25.6 Å². The summed E-state index contributed by atoms with van der Waals surface area (Å²) in [6, 6.07) is 0.744. The number of nitrogens with zero attached hydrogens (tertiary/aromatic N) is 1. The van der Waals surface area contributed by atoms with Crippen LogP contribution in [0.4, 0.5) is 0 Å². The minimum Gasteiger partial charge on any atom is -0.356 e. The Morgan fingerprint density at radius 3 is 2.76 bits per heavy atom. The Bertz CT molecular complexity index is 363. The third kappa shape index (κ3) is 1.48. The van der Waals surface area contributed by atoms with E-state index in [9.17, 15) is 4.79 Å². The fraction of sp³-hybridized carbons (Fsp3) is 0.929. The lowest BCUT2D eigenvalue weighted by molar-refractivity contribution is -0.124. The smallest absolute Gasteiger partial charge is 0.220 e. The fourth-order valence-corrected chi connectivity index (χ4v) is 4.54. The van der Waals surface area contributed by atoms with Gasteiger partial charge in [-0.1, -0.05) is 6.42 Å². The molecule has 3 heteroatoms. The number of amides is 1. The van der Waals surface area contributed by atoms with Crippen LogP contribution < -0.4 is 5.32 Å². The maximum atomic E-state index is 11.5. The first kappa shape index (κ1) is 10.4. The molecule has 0 radical (unpaired) electrons. The average molecular weight is 234 g/mol. The molecule has 1 amide bonds. The van der Waals surface area contributed by atoms with E-state index in [1.54, 1.807) is 0 Å². The van der Waals surface area contributed by atoms with Crippen molar-refractivity contribution in [3.05, 3.63) is 0 Å². The normalized spacial score (nSPS) is 43.8. The molecule has 2 aliphatic heterocycles. The van der Waals surface area contributed by atoms with E-state index in [0.29, 0.717) is 10.8 Å². The van der Waals surface area contributed by atoms with Gasteiger partial charge in [-0.15, -0.1) is 0 Å². The van der Waals surface area contributed by atoms with Gasteiger partial charge in [-0.2, -0.15) is 0 Å². The van der Waals surface area contributed by atoms with Crippen LogP contribution in [0.25, 0.3) is 0 Å². The van der Waals surface area contributed by atoms with Crippen molar-refractivity contribution in [2.45, 2.75) is 51.0 Å². The SMILES string of the molecule is O=C1CC2(CCN1)CC2N1CCC2(CCC2)C1. The summed E-state index contributed by atoms with van der Waals surface area (Å²) in [5.41, 5.74) is 1.10. The van der Waals surface area contributed by atoms with E-state index in [1.165, 1.54) is 51.6 Å². The van der Waals surface area contributed by atoms with Gasteiger partial charge in [-0.3, -0.25) is 9.69 Å². The molecule has 0 aromatic rings. The highest BCUT2D eigenvalue weighted by Crippen LogP contribution is 2.59. The maximum absolute atomic E-state index is 11.5. The molecule has 2 saturated carbocycles. The van der Waals surface area contributed by atoms with Crippen molar-refractivity contribution in [2.75, 3.05) is 19.6 Å². The highest BCUT2D eigenvalue weighted by Gasteiger charge is 2.60. The Kier molecular flexibility index (Phi) is 1.98. The molecule has 0 aromatic carbocycles. The molecule has 2 heterocycles. The molecule has 0 aromatic heterocycles. The average Bonchev–Trinajstić information content (AvgIpc) is 2.76. The van der Waals surface area contributed by atoms with Crippen molar-refractivity contribution in [1.82, 2.24) is 10.2 Å². The summed E-state index contributed by atoms with van der Waals surface area (Å²) < 4.78 is 0. The molecule has 2 spiro atoms. The van der Waals surface area contributed by atoms with E-state index in [-0.39, 0.29) is 5.91 Å². The van der Waals surface area contributed by atoms with Crippen LogP contribution in [0, 0.1) is 10.8 Å². The third-order valence-corrected chi connectivity index (χ3v) is 5.93. The minimum absolute atomic E-state index is 0.288. The van der Waals surface area contributed by atoms with E-state index < -0.39 is 0 Å². The lowest BCUT2D eigenvalue weighted by Crippen LogP contribution is -2.40. The van der Waals surface area contributed by atoms with Gasteiger partial charge < -0.3 is 5.32 Å². The molecular formula is C14H22N2O. The van der Waals surface area contributed by atoms with Crippen molar-refractivity contribution in [2.24, 2.45) is 10.8 Å². The Balaban J connectivity index is 1.43. The maximum Gasteiger partial charge on any atom is 0.220 e. The summed E-state index contributed by atoms with van der Waals surface area (Å²) in [4.78, 5) is 14.3. The predicted octanol–water partition coefficient (Wildman–Crippen LogP) is 1.53. The van der Waals surface area contributed by atoms with Gasteiger partial charge in [-0.05, 0) is 49.5 Å². The highest BCUT2D eigenvalue weighted by molar-refractivity contribution is 5.78. The third-order valence-electron chi connectivity index (χ3n) is 5.93. The summed E-state index contributed by atoms with van der Waals surface area (Å²) in [6.45, 7) is 3.55. The monoisotopic (exact) mass is 234 g/mol. The summed E-state index contributed by atoms with van der Waals surface area (Å²) in [5.74, 6) is 0.288. The second-order valence-electron chi connectivity index (χ2n) is 6.93. The summed E-state index contributed by atoms with van der Waals surface area (Å²) in [6.07, 6.45) is 9.09. The predicted molar refractivity (Wildman–Crippen MR) is 65.6 cm³/mol. The lowest BCUT2D eigenvalue weighted by atomic mass is 9.68. The number of carbonyl (C=O) groups excluding carboxylic acids is 1. The van der Waals surface area contributed by atoms with Gasteiger partial charge in [0.25, 0.3) is 0 Å². The number of hydrogen-bond acceptors (Lipinski definition) is 2. The van der Waals surface area contributed by atoms with Crippen molar-refractivity contribution in [3.8, 4) is 0 Å². The number of hydrogen-bond donors (Lipinski definition) is 1. The second kappa shape index (κ2) is 3.25. The van der Waals surface area contributed by atoms with Crippen LogP contribution in [0.3, 0.4) is 0 Å². The van der Waals surface area contributed by atoms with Crippen LogP contribution in [-0.4, -0.2) is 36.5 Å². The molecule has 4 rings (SSSR count). The first-order valence-electron chi connectivity index (χ1n) is 7.22. The molecule has 2 atom stereocenters. The van der Waals surface area contributed by atoms with E-state index >= 15 is 0 Å². The van der Waals surface area contributed by atoms with Crippen LogP contribution in [0.2, 0.25) is 0 Å². The Hall–Kier alpha value is -0.570. The summed E-state index contributed by atoms with van der Waals surface area (Å²) in [5, 5.41) is 2.97. The second-order valence-corrected chi connectivity index (χ2v) is 6.93. The summed E-state index contributed by atoms with van der Waals surface area (Å²) >= 11 is 0. The zero-order chi connectivity index (χ0) is 11.5. The number of carbonyl (C=O) groups is 1. The molecule has 17 heavy (non-hydrogen) atoms. The van der Waals surface area contributed by atoms with E-state index in [0.717, 1.165) is 19.0 Å². The summed E-state index contributed by atoms with van der Waals surface area (Å²) in [7, 11) is 0. The molecular weight excluding hydrogens is 212 g/mol. The number of piperidine rings is 1. The molecule has 2 aliphatic carbocycles. The van der Waals surface area contributed by atoms with Crippen molar-refractivity contribution in [1.29, 1.82) is 0 Å². The Labute approximate surface area is 103 Å². The number of likely N-dealkylation sites (tertiary alicyclic amines) is 1. The molecule has 0 bridgehead atoms. The van der Waals surface area contributed by atoms with Crippen molar-refractivity contribution in [3.63, 3.8) is 0 Å². The van der Waals surface area contributed by atoms with Gasteiger partial charge >= 0.3 is 0 Å². The molecule has 4 aliphatic rings. The van der Waals surface area contributed by atoms with Crippen LogP contribution in [0.1, 0.15) is 44.9 Å². The first-order chi connectivity index (χ1) is 8.22. The van der Waals surface area contributed by atoms with Crippen LogP contribution in [0.5, 0.6) is 0 Å². The number of nitrogens with one attached hydrogen (secondary N) is 1. The molecule has 1 N–H and O–H groups in total.